The van der Waals surface area contributed by atoms with Crippen LogP contribution in [0.2, 0.25) is 11.1 Å². The molecule has 0 aliphatic carbocycles. The molecule has 110 valence electrons. The van der Waals surface area contributed by atoms with Crippen molar-refractivity contribution in [2.24, 2.45) is 0 Å². The molecule has 2 aromatic rings. The Kier molecular flexibility index (Phi) is 5.27. The molecule has 0 bridgehead atoms. The molecule has 0 amide bonds. The minimum absolute atomic E-state index is 0.376. The first-order chi connectivity index (χ1) is 9.45. The molecule has 20 heavy (non-hydrogen) atoms. The lowest BCUT2D eigenvalue weighted by molar-refractivity contribution is 0.633. The predicted octanol–water partition coefficient (Wildman–Crippen LogP) is 5.90. The monoisotopic (exact) mass is 322 g/mol. The van der Waals surface area contributed by atoms with Crippen LogP contribution >= 0.6 is 22.7 Å². The zero-order chi connectivity index (χ0) is 14.8. The first kappa shape index (κ1) is 16.0. The minimum Gasteiger partial charge on any atom is -0.149 e. The van der Waals surface area contributed by atoms with E-state index in [1.54, 1.807) is 9.75 Å². The van der Waals surface area contributed by atoms with E-state index in [1.807, 2.05) is 22.7 Å². The molecular weight excluding hydrogens is 296 g/mol. The Bertz CT molecular complexity index is 491. The van der Waals surface area contributed by atoms with Gasteiger partial charge in [-0.15, -0.1) is 22.7 Å². The normalized spacial score (nSPS) is 15.2. The summed E-state index contributed by atoms with van der Waals surface area (Å²) < 4.78 is 0. The summed E-state index contributed by atoms with van der Waals surface area (Å²) in [6.07, 6.45) is 1.22. The summed E-state index contributed by atoms with van der Waals surface area (Å²) in [7, 11) is -0.931. The average Bonchev–Trinajstić information content (AvgIpc) is 2.99. The van der Waals surface area contributed by atoms with Crippen LogP contribution in [0.3, 0.4) is 0 Å². The van der Waals surface area contributed by atoms with Crippen molar-refractivity contribution < 1.29 is 0 Å². The molecule has 0 radical (unpaired) electrons. The summed E-state index contributed by atoms with van der Waals surface area (Å²) in [6, 6.07) is 9.08. The molecule has 2 heterocycles. The Morgan fingerprint density at radius 3 is 2.05 bits per heavy atom. The average molecular weight is 323 g/mol. The molecule has 0 aliphatic rings. The Balaban J connectivity index is 2.42. The molecule has 0 spiro atoms. The van der Waals surface area contributed by atoms with E-state index in [9.17, 15) is 0 Å². The van der Waals surface area contributed by atoms with Gasteiger partial charge in [0.1, 0.15) is 0 Å². The van der Waals surface area contributed by atoms with Gasteiger partial charge in [0.05, 0.1) is 8.80 Å². The number of hydrogen-bond donors (Lipinski definition) is 0. The van der Waals surface area contributed by atoms with Crippen LogP contribution in [0.25, 0.3) is 0 Å². The molecule has 0 aliphatic heterocycles. The van der Waals surface area contributed by atoms with Crippen LogP contribution in [-0.2, 0) is 11.5 Å². The Morgan fingerprint density at radius 2 is 1.60 bits per heavy atom. The predicted molar refractivity (Wildman–Crippen MR) is 97.0 cm³/mol. The highest BCUT2D eigenvalue weighted by Gasteiger charge is 2.41. The van der Waals surface area contributed by atoms with Crippen molar-refractivity contribution in [1.82, 2.24) is 0 Å². The van der Waals surface area contributed by atoms with Gasteiger partial charge in [0.15, 0.2) is 0 Å². The second-order valence-corrected chi connectivity index (χ2v) is 13.6. The maximum absolute atomic E-state index is 2.54. The van der Waals surface area contributed by atoms with Gasteiger partial charge >= 0.3 is 0 Å². The first-order valence-corrected chi connectivity index (χ1v) is 11.2. The summed E-state index contributed by atoms with van der Waals surface area (Å²) in [4.78, 5) is 3.14. The lowest BCUT2D eigenvalue weighted by atomic mass is 10.0. The highest BCUT2D eigenvalue weighted by Crippen LogP contribution is 2.42. The van der Waals surface area contributed by atoms with Crippen molar-refractivity contribution in [2.45, 2.75) is 57.2 Å². The maximum Gasteiger partial charge on any atom is 0.0550 e. The van der Waals surface area contributed by atoms with Gasteiger partial charge in [0.2, 0.25) is 0 Å². The van der Waals surface area contributed by atoms with Crippen molar-refractivity contribution in [3.8, 4) is 0 Å². The second-order valence-electron chi connectivity index (χ2n) is 6.66. The summed E-state index contributed by atoms with van der Waals surface area (Å²) >= 11 is 3.87. The second kappa shape index (κ2) is 6.59. The molecule has 1 atom stereocenters. The fraction of sp³-hybridized carbons (Fsp3) is 0.529. The summed E-state index contributed by atoms with van der Waals surface area (Å²) in [5, 5.41) is 4.83. The summed E-state index contributed by atoms with van der Waals surface area (Å²) in [5.41, 5.74) is 1.67. The highest BCUT2D eigenvalue weighted by molar-refractivity contribution is 7.11. The van der Waals surface area contributed by atoms with Gasteiger partial charge in [-0.3, -0.25) is 0 Å². The molecule has 3 heteroatoms. The van der Waals surface area contributed by atoms with E-state index in [1.165, 1.54) is 6.42 Å². The van der Waals surface area contributed by atoms with E-state index in [0.717, 1.165) is 11.1 Å². The molecular formula is C17H26S2Si. The van der Waals surface area contributed by atoms with E-state index in [-0.39, 0.29) is 0 Å². The topological polar surface area (TPSA) is 0 Å². The van der Waals surface area contributed by atoms with Crippen molar-refractivity contribution >= 4 is 31.5 Å². The molecule has 0 N–H and O–H groups in total. The van der Waals surface area contributed by atoms with E-state index in [0.29, 0.717) is 5.04 Å². The molecule has 0 fully saturated rings. The van der Waals surface area contributed by atoms with Gasteiger partial charge in [0.25, 0.3) is 0 Å². The molecule has 1 unspecified atom stereocenters. The Labute approximate surface area is 133 Å². The van der Waals surface area contributed by atoms with Gasteiger partial charge < -0.3 is 0 Å². The van der Waals surface area contributed by atoms with Crippen molar-refractivity contribution in [3.63, 3.8) is 0 Å². The summed E-state index contributed by atoms with van der Waals surface area (Å²) in [6.45, 7) is 12.3. The Morgan fingerprint density at radius 1 is 1.00 bits per heavy atom. The molecule has 0 saturated heterocycles. The SMILES string of the molecule is CC(C)[SiH](C(C)C)C(C)(Cc1cccs1)c1cccs1. The van der Waals surface area contributed by atoms with Gasteiger partial charge in [0, 0.05) is 9.75 Å². The van der Waals surface area contributed by atoms with Gasteiger partial charge in [-0.05, 0) is 34.4 Å². The molecule has 0 nitrogen and oxygen atoms in total. The standard InChI is InChI=1S/C17H26S2Si/c1-13(2)20(14(3)4)17(5,16-9-7-11-19-16)12-15-8-6-10-18-15/h6-11,13-14,20H,12H2,1-5H3. The fourth-order valence-electron chi connectivity index (χ4n) is 3.99. The largest absolute Gasteiger partial charge is 0.149 e. The molecule has 2 aromatic heterocycles. The van der Waals surface area contributed by atoms with E-state index in [2.05, 4.69) is 69.6 Å². The third-order valence-corrected chi connectivity index (χ3v) is 11.5. The quantitative estimate of drug-likeness (QED) is 0.581. The van der Waals surface area contributed by atoms with Crippen molar-refractivity contribution in [1.29, 1.82) is 0 Å². The summed E-state index contributed by atoms with van der Waals surface area (Å²) in [5.74, 6) is 0. The zero-order valence-electron chi connectivity index (χ0n) is 13.2. The third-order valence-electron chi connectivity index (χ3n) is 4.38. The van der Waals surface area contributed by atoms with Gasteiger partial charge in [-0.1, -0.05) is 57.8 Å². The highest BCUT2D eigenvalue weighted by atomic mass is 32.1. The van der Waals surface area contributed by atoms with Gasteiger partial charge in [-0.2, -0.15) is 0 Å². The molecule has 0 aromatic carbocycles. The van der Waals surface area contributed by atoms with Crippen molar-refractivity contribution in [3.05, 3.63) is 44.8 Å². The number of hydrogen-bond acceptors (Lipinski definition) is 2. The number of thiophene rings is 2. The lowest BCUT2D eigenvalue weighted by Crippen LogP contribution is -2.45. The molecule has 2 rings (SSSR count). The maximum atomic E-state index is 2.54. The van der Waals surface area contributed by atoms with Crippen LogP contribution in [0.4, 0.5) is 0 Å². The van der Waals surface area contributed by atoms with Crippen LogP contribution in [0.1, 0.15) is 44.4 Å². The van der Waals surface area contributed by atoms with Crippen LogP contribution in [0.5, 0.6) is 0 Å². The third kappa shape index (κ3) is 3.26. The first-order valence-electron chi connectivity index (χ1n) is 7.51. The smallest absolute Gasteiger partial charge is 0.0550 e. The van der Waals surface area contributed by atoms with Crippen LogP contribution < -0.4 is 0 Å². The zero-order valence-corrected chi connectivity index (χ0v) is 16.0. The van der Waals surface area contributed by atoms with E-state index in [4.69, 9.17) is 0 Å². The van der Waals surface area contributed by atoms with E-state index < -0.39 is 8.80 Å². The minimum atomic E-state index is -0.931. The molecule has 0 saturated carbocycles. The van der Waals surface area contributed by atoms with E-state index >= 15 is 0 Å². The number of rotatable bonds is 6. The fourth-order valence-corrected chi connectivity index (χ4v) is 11.8. The van der Waals surface area contributed by atoms with Gasteiger partial charge in [-0.25, -0.2) is 0 Å². The lowest BCUT2D eigenvalue weighted by Gasteiger charge is -2.41. The Hall–Kier alpha value is -0.383. The van der Waals surface area contributed by atoms with Crippen LogP contribution in [0.15, 0.2) is 35.0 Å². The van der Waals surface area contributed by atoms with Crippen LogP contribution in [-0.4, -0.2) is 8.80 Å². The van der Waals surface area contributed by atoms with Crippen LogP contribution in [0, 0.1) is 0 Å². The van der Waals surface area contributed by atoms with Crippen molar-refractivity contribution in [2.75, 3.05) is 0 Å².